The monoisotopic (exact) mass is 213 g/mol. The zero-order valence-corrected chi connectivity index (χ0v) is 9.43. The average Bonchev–Trinajstić information content (AvgIpc) is 2.31. The molecule has 0 aromatic heterocycles. The minimum atomic E-state index is -1.17. The maximum atomic E-state index is 11.1. The Balaban J connectivity index is 0.000000791. The maximum absolute atomic E-state index is 11.1. The summed E-state index contributed by atoms with van der Waals surface area (Å²) < 4.78 is 13.7. The lowest BCUT2D eigenvalue weighted by atomic mass is 10.2. The van der Waals surface area contributed by atoms with Crippen molar-refractivity contribution in [2.45, 2.75) is 18.7 Å². The number of nitrogens with one attached hydrogen (secondary N) is 1. The Morgan fingerprint density at radius 3 is 2.07 bits per heavy atom. The summed E-state index contributed by atoms with van der Waals surface area (Å²) in [6, 6.07) is 6.60. The molecule has 1 N–H and O–H groups in total. The summed E-state index contributed by atoms with van der Waals surface area (Å²) in [5, 5.41) is 0. The van der Waals surface area contributed by atoms with Crippen molar-refractivity contribution in [2.75, 3.05) is 7.05 Å². The average molecular weight is 213 g/mol. The van der Waals surface area contributed by atoms with E-state index in [4.69, 9.17) is 0 Å². The van der Waals surface area contributed by atoms with Crippen molar-refractivity contribution in [1.29, 1.82) is 0 Å². The first-order valence-corrected chi connectivity index (χ1v) is 5.57. The van der Waals surface area contributed by atoms with Gasteiger partial charge in [-0.1, -0.05) is 26.0 Å². The van der Waals surface area contributed by atoms with Crippen LogP contribution in [0.2, 0.25) is 0 Å². The zero-order valence-electron chi connectivity index (χ0n) is 8.61. The van der Waals surface area contributed by atoms with Crippen molar-refractivity contribution in [3.8, 4) is 0 Å². The predicted molar refractivity (Wildman–Crippen MR) is 58.6 cm³/mol. The van der Waals surface area contributed by atoms with Gasteiger partial charge in [-0.05, 0) is 19.2 Å². The van der Waals surface area contributed by atoms with Gasteiger partial charge in [0.05, 0.1) is 4.90 Å². The van der Waals surface area contributed by atoms with Crippen LogP contribution < -0.4 is 4.72 Å². The van der Waals surface area contributed by atoms with E-state index in [9.17, 15) is 9.00 Å². The van der Waals surface area contributed by atoms with Crippen molar-refractivity contribution in [2.24, 2.45) is 0 Å². The van der Waals surface area contributed by atoms with Gasteiger partial charge < -0.3 is 0 Å². The van der Waals surface area contributed by atoms with Crippen molar-refractivity contribution in [3.05, 3.63) is 29.8 Å². The fourth-order valence-electron chi connectivity index (χ4n) is 0.788. The van der Waals surface area contributed by atoms with Gasteiger partial charge in [-0.15, -0.1) is 0 Å². The Bertz CT molecular complexity index is 295. The lowest BCUT2D eigenvalue weighted by Crippen LogP contribution is -2.10. The van der Waals surface area contributed by atoms with E-state index in [-0.39, 0.29) is 0 Å². The summed E-state index contributed by atoms with van der Waals surface area (Å²) in [7, 11) is 0.448. The van der Waals surface area contributed by atoms with Crippen LogP contribution in [0.1, 0.15) is 24.2 Å². The van der Waals surface area contributed by atoms with E-state index in [0.717, 1.165) is 6.29 Å². The van der Waals surface area contributed by atoms with E-state index < -0.39 is 11.0 Å². The van der Waals surface area contributed by atoms with E-state index in [1.54, 1.807) is 31.3 Å². The first-order valence-electron chi connectivity index (χ1n) is 4.42. The molecule has 1 aromatic carbocycles. The third-order valence-electron chi connectivity index (χ3n) is 1.42. The minimum absolute atomic E-state index is 0.590. The van der Waals surface area contributed by atoms with Crippen LogP contribution in [0.3, 0.4) is 0 Å². The van der Waals surface area contributed by atoms with Gasteiger partial charge in [0, 0.05) is 5.56 Å². The Hall–Kier alpha value is -1.00. The number of rotatable bonds is 3. The molecule has 1 aromatic rings. The third-order valence-corrected chi connectivity index (χ3v) is 2.49. The summed E-state index contributed by atoms with van der Waals surface area (Å²) in [6.07, 6.45) is 0.756. The normalized spacial score (nSPS) is 11.1. The fourth-order valence-corrected chi connectivity index (χ4v) is 1.41. The summed E-state index contributed by atoms with van der Waals surface area (Å²) >= 11 is 0. The summed E-state index contributed by atoms with van der Waals surface area (Å²) in [5.41, 5.74) is 0.590. The molecule has 1 atom stereocenters. The van der Waals surface area contributed by atoms with E-state index in [1.807, 2.05) is 13.8 Å². The van der Waals surface area contributed by atoms with Gasteiger partial charge in [0.25, 0.3) is 0 Å². The molecule has 0 saturated carbocycles. The van der Waals surface area contributed by atoms with Crippen LogP contribution in [0.4, 0.5) is 0 Å². The lowest BCUT2D eigenvalue weighted by Gasteiger charge is -1.98. The molecule has 0 fully saturated rings. The van der Waals surface area contributed by atoms with Crippen LogP contribution in [-0.2, 0) is 11.0 Å². The lowest BCUT2D eigenvalue weighted by molar-refractivity contribution is 0.112. The van der Waals surface area contributed by atoms with E-state index in [0.29, 0.717) is 10.5 Å². The number of carbonyl (C=O) groups excluding carboxylic acids is 1. The zero-order chi connectivity index (χ0) is 11.0. The van der Waals surface area contributed by atoms with Gasteiger partial charge in [0.1, 0.15) is 17.3 Å². The smallest absolute Gasteiger partial charge is 0.150 e. The molecule has 0 bridgehead atoms. The molecule has 0 aliphatic carbocycles. The Kier molecular flexibility index (Phi) is 6.88. The van der Waals surface area contributed by atoms with Gasteiger partial charge in [-0.25, -0.2) is 8.93 Å². The largest absolute Gasteiger partial charge is 0.298 e. The molecule has 0 aliphatic heterocycles. The quantitative estimate of drug-likeness (QED) is 0.778. The predicted octanol–water partition coefficient (Wildman–Crippen LogP) is 1.77. The standard InChI is InChI=1S/C8H9NO2S.C2H6/c1-9-12(11)8-4-2-7(6-10)3-5-8;1-2/h2-6,9H,1H3;1-2H3. The molecule has 1 rings (SSSR count). The topological polar surface area (TPSA) is 46.2 Å². The molecule has 0 saturated heterocycles. The second-order valence-corrected chi connectivity index (χ2v) is 3.58. The highest BCUT2D eigenvalue weighted by Gasteiger charge is 1.99. The van der Waals surface area contributed by atoms with Crippen LogP contribution in [0.5, 0.6) is 0 Å². The number of hydrogen-bond donors (Lipinski definition) is 1. The molecule has 0 spiro atoms. The van der Waals surface area contributed by atoms with Crippen molar-refractivity contribution >= 4 is 17.3 Å². The van der Waals surface area contributed by atoms with Crippen LogP contribution >= 0.6 is 0 Å². The molecule has 0 amide bonds. The van der Waals surface area contributed by atoms with Crippen molar-refractivity contribution in [1.82, 2.24) is 4.72 Å². The second-order valence-electron chi connectivity index (χ2n) is 2.16. The molecular formula is C10H15NO2S. The molecule has 14 heavy (non-hydrogen) atoms. The third kappa shape index (κ3) is 3.81. The summed E-state index contributed by atoms with van der Waals surface area (Å²) in [6.45, 7) is 4.00. The summed E-state index contributed by atoms with van der Waals surface area (Å²) in [5.74, 6) is 0. The van der Waals surface area contributed by atoms with E-state index in [1.165, 1.54) is 0 Å². The SMILES string of the molecule is CC.CNS(=O)c1ccc(C=O)cc1. The fraction of sp³-hybridized carbons (Fsp3) is 0.300. The molecule has 1 unspecified atom stereocenters. The van der Waals surface area contributed by atoms with Gasteiger partial charge in [-0.2, -0.15) is 0 Å². The molecule has 0 radical (unpaired) electrons. The van der Waals surface area contributed by atoms with Crippen LogP contribution in [-0.4, -0.2) is 17.5 Å². The number of carbonyl (C=O) groups is 1. The molecular weight excluding hydrogens is 198 g/mol. The molecule has 78 valence electrons. The Labute approximate surface area is 87.1 Å². The number of aldehydes is 1. The molecule has 4 heteroatoms. The number of hydrogen-bond acceptors (Lipinski definition) is 2. The number of benzene rings is 1. The first kappa shape index (κ1) is 13.0. The van der Waals surface area contributed by atoms with Gasteiger partial charge in [0.15, 0.2) is 0 Å². The Morgan fingerprint density at radius 1 is 1.21 bits per heavy atom. The van der Waals surface area contributed by atoms with Gasteiger partial charge in [0.2, 0.25) is 0 Å². The Morgan fingerprint density at radius 2 is 1.71 bits per heavy atom. The van der Waals surface area contributed by atoms with Crippen LogP contribution in [0.25, 0.3) is 0 Å². The van der Waals surface area contributed by atoms with E-state index >= 15 is 0 Å². The van der Waals surface area contributed by atoms with Crippen molar-refractivity contribution in [3.63, 3.8) is 0 Å². The first-order chi connectivity index (χ1) is 6.77. The molecule has 0 aliphatic rings. The van der Waals surface area contributed by atoms with Crippen molar-refractivity contribution < 1.29 is 9.00 Å². The molecule has 0 heterocycles. The van der Waals surface area contributed by atoms with Crippen LogP contribution in [0.15, 0.2) is 29.2 Å². The highest BCUT2D eigenvalue weighted by molar-refractivity contribution is 7.83. The van der Waals surface area contributed by atoms with E-state index in [2.05, 4.69) is 4.72 Å². The summed E-state index contributed by atoms with van der Waals surface area (Å²) in [4.78, 5) is 10.9. The van der Waals surface area contributed by atoms with Gasteiger partial charge in [-0.3, -0.25) is 4.79 Å². The maximum Gasteiger partial charge on any atom is 0.150 e. The van der Waals surface area contributed by atoms with Crippen LogP contribution in [0, 0.1) is 0 Å². The molecule has 3 nitrogen and oxygen atoms in total. The second kappa shape index (κ2) is 7.41. The minimum Gasteiger partial charge on any atom is -0.298 e. The van der Waals surface area contributed by atoms with Gasteiger partial charge >= 0.3 is 0 Å². The highest BCUT2D eigenvalue weighted by Crippen LogP contribution is 2.05. The highest BCUT2D eigenvalue weighted by atomic mass is 32.2.